The summed E-state index contributed by atoms with van der Waals surface area (Å²) in [6.45, 7) is 6.59. The van der Waals surface area contributed by atoms with Crippen LogP contribution in [-0.4, -0.2) is 39.3 Å². The lowest BCUT2D eigenvalue weighted by molar-refractivity contribution is 0.652. The van der Waals surface area contributed by atoms with Gasteiger partial charge in [0.1, 0.15) is 0 Å². The fourth-order valence-electron chi connectivity index (χ4n) is 0.905. The van der Waals surface area contributed by atoms with Gasteiger partial charge in [-0.25, -0.2) is 0 Å². The van der Waals surface area contributed by atoms with E-state index in [9.17, 15) is 0 Å². The molecule has 3 N–H and O–H groups in total. The minimum absolute atomic E-state index is 0. The Labute approximate surface area is 89.2 Å². The second-order valence-electron chi connectivity index (χ2n) is 2.25. The number of hydrogen-bond acceptors (Lipinski definition) is 3. The van der Waals surface area contributed by atoms with Crippen molar-refractivity contribution in [1.29, 1.82) is 0 Å². The molecule has 5 heteroatoms. The molecule has 1 heterocycles. The van der Waals surface area contributed by atoms with E-state index in [0.29, 0.717) is 0 Å². The van der Waals surface area contributed by atoms with Gasteiger partial charge in [0.25, 0.3) is 0 Å². The van der Waals surface area contributed by atoms with Crippen molar-refractivity contribution in [1.82, 2.24) is 16.0 Å². The molecule has 1 fully saturated rings. The molecular formula is C6H17Br2N3. The Bertz CT molecular complexity index is 44.3. The first-order valence-corrected chi connectivity index (χ1v) is 3.62. The van der Waals surface area contributed by atoms with Gasteiger partial charge in [0.2, 0.25) is 0 Å². The highest BCUT2D eigenvalue weighted by Crippen LogP contribution is 1.65. The average Bonchev–Trinajstić information content (AvgIpc) is 2.00. The second kappa shape index (κ2) is 10.8. The van der Waals surface area contributed by atoms with Crippen molar-refractivity contribution in [3.05, 3.63) is 0 Å². The van der Waals surface area contributed by atoms with E-state index in [1.54, 1.807) is 0 Å². The summed E-state index contributed by atoms with van der Waals surface area (Å²) in [6, 6.07) is 0. The second-order valence-corrected chi connectivity index (χ2v) is 2.25. The summed E-state index contributed by atoms with van der Waals surface area (Å²) in [5.74, 6) is 0. The van der Waals surface area contributed by atoms with E-state index in [1.807, 2.05) is 0 Å². The minimum Gasteiger partial charge on any atom is -0.314 e. The molecule has 0 aliphatic carbocycles. The molecule has 0 aromatic rings. The number of rotatable bonds is 0. The molecule has 0 saturated carbocycles. The van der Waals surface area contributed by atoms with Gasteiger partial charge in [-0.1, -0.05) is 0 Å². The molecule has 70 valence electrons. The van der Waals surface area contributed by atoms with Gasteiger partial charge in [0, 0.05) is 39.3 Å². The molecular weight excluding hydrogens is 274 g/mol. The van der Waals surface area contributed by atoms with Crippen molar-refractivity contribution in [2.45, 2.75) is 0 Å². The molecule has 0 aromatic heterocycles. The van der Waals surface area contributed by atoms with Gasteiger partial charge in [-0.05, 0) is 0 Å². The normalized spacial score (nSPS) is 19.6. The molecule has 11 heavy (non-hydrogen) atoms. The van der Waals surface area contributed by atoms with Crippen LogP contribution in [0, 0.1) is 0 Å². The highest BCUT2D eigenvalue weighted by atomic mass is 79.9. The molecule has 0 radical (unpaired) electrons. The average molecular weight is 291 g/mol. The summed E-state index contributed by atoms with van der Waals surface area (Å²) in [5.41, 5.74) is 0. The highest BCUT2D eigenvalue weighted by Gasteiger charge is 1.91. The smallest absolute Gasteiger partial charge is 0.00772 e. The van der Waals surface area contributed by atoms with Crippen LogP contribution in [0.2, 0.25) is 0 Å². The number of nitrogens with one attached hydrogen (secondary N) is 3. The number of halogens is 2. The van der Waals surface area contributed by atoms with Crippen LogP contribution < -0.4 is 16.0 Å². The summed E-state index contributed by atoms with van der Waals surface area (Å²) in [7, 11) is 0. The van der Waals surface area contributed by atoms with Crippen LogP contribution in [0.1, 0.15) is 0 Å². The van der Waals surface area contributed by atoms with Crippen molar-refractivity contribution < 1.29 is 0 Å². The van der Waals surface area contributed by atoms with Crippen LogP contribution in [0.3, 0.4) is 0 Å². The van der Waals surface area contributed by atoms with Crippen LogP contribution >= 0.6 is 34.0 Å². The summed E-state index contributed by atoms with van der Waals surface area (Å²) in [5, 5.41) is 9.91. The van der Waals surface area contributed by atoms with Gasteiger partial charge >= 0.3 is 0 Å². The predicted molar refractivity (Wildman–Crippen MR) is 59.3 cm³/mol. The van der Waals surface area contributed by atoms with Crippen molar-refractivity contribution in [3.8, 4) is 0 Å². The molecule has 3 nitrogen and oxygen atoms in total. The summed E-state index contributed by atoms with van der Waals surface area (Å²) in [6.07, 6.45) is 0. The SMILES string of the molecule is Br.Br.C1CNCCNCCN1. The van der Waals surface area contributed by atoms with Gasteiger partial charge < -0.3 is 16.0 Å². The van der Waals surface area contributed by atoms with E-state index < -0.39 is 0 Å². The van der Waals surface area contributed by atoms with Crippen LogP contribution in [0.15, 0.2) is 0 Å². The quantitative estimate of drug-likeness (QED) is 0.584. The van der Waals surface area contributed by atoms with E-state index in [-0.39, 0.29) is 34.0 Å². The molecule has 0 amide bonds. The number of hydrogen-bond donors (Lipinski definition) is 3. The van der Waals surface area contributed by atoms with Gasteiger partial charge in [-0.2, -0.15) is 0 Å². The lowest BCUT2D eigenvalue weighted by atomic mass is 10.6. The first kappa shape index (κ1) is 14.4. The van der Waals surface area contributed by atoms with Gasteiger partial charge in [-0.3, -0.25) is 0 Å². The van der Waals surface area contributed by atoms with E-state index in [1.165, 1.54) is 0 Å². The topological polar surface area (TPSA) is 36.1 Å². The third-order valence-corrected chi connectivity index (χ3v) is 1.44. The third kappa shape index (κ3) is 8.75. The Kier molecular flexibility index (Phi) is 14.2. The van der Waals surface area contributed by atoms with Crippen LogP contribution in [0.25, 0.3) is 0 Å². The van der Waals surface area contributed by atoms with E-state index in [4.69, 9.17) is 0 Å². The Morgan fingerprint density at radius 3 is 0.818 bits per heavy atom. The largest absolute Gasteiger partial charge is 0.314 e. The molecule has 1 aliphatic rings. The van der Waals surface area contributed by atoms with E-state index >= 15 is 0 Å². The maximum atomic E-state index is 3.30. The zero-order valence-corrected chi connectivity index (χ0v) is 9.99. The fraction of sp³-hybridized carbons (Fsp3) is 1.00. The van der Waals surface area contributed by atoms with Gasteiger partial charge in [0.15, 0.2) is 0 Å². The summed E-state index contributed by atoms with van der Waals surface area (Å²) in [4.78, 5) is 0. The van der Waals surface area contributed by atoms with Crippen molar-refractivity contribution in [3.63, 3.8) is 0 Å². The van der Waals surface area contributed by atoms with E-state index in [0.717, 1.165) is 39.3 Å². The van der Waals surface area contributed by atoms with Crippen molar-refractivity contribution in [2.75, 3.05) is 39.3 Å². The van der Waals surface area contributed by atoms with Crippen LogP contribution in [0.4, 0.5) is 0 Å². The third-order valence-electron chi connectivity index (χ3n) is 1.44. The maximum Gasteiger partial charge on any atom is 0.00772 e. The van der Waals surface area contributed by atoms with Crippen molar-refractivity contribution >= 4 is 34.0 Å². The maximum absolute atomic E-state index is 3.30. The molecule has 1 rings (SSSR count). The molecule has 1 saturated heterocycles. The molecule has 1 aliphatic heterocycles. The Hall–Kier alpha value is 0.840. The van der Waals surface area contributed by atoms with Crippen molar-refractivity contribution in [2.24, 2.45) is 0 Å². The zero-order chi connectivity index (χ0) is 6.36. The van der Waals surface area contributed by atoms with Crippen LogP contribution in [-0.2, 0) is 0 Å². The Balaban J connectivity index is 0. The molecule has 0 bridgehead atoms. The first-order chi connectivity index (χ1) is 4.50. The van der Waals surface area contributed by atoms with Gasteiger partial charge in [-0.15, -0.1) is 34.0 Å². The standard InChI is InChI=1S/C6H15N3.2BrH/c1-2-8-5-6-9-4-3-7-1;;/h7-9H,1-6H2;2*1H. The predicted octanol–water partition coefficient (Wildman–Crippen LogP) is -0.0754. The minimum atomic E-state index is 0. The molecule has 0 unspecified atom stereocenters. The Morgan fingerprint density at radius 1 is 0.455 bits per heavy atom. The van der Waals surface area contributed by atoms with Gasteiger partial charge in [0.05, 0.1) is 0 Å². The lowest BCUT2D eigenvalue weighted by Crippen LogP contribution is -2.27. The first-order valence-electron chi connectivity index (χ1n) is 3.62. The fourth-order valence-corrected chi connectivity index (χ4v) is 0.905. The Morgan fingerprint density at radius 2 is 0.636 bits per heavy atom. The summed E-state index contributed by atoms with van der Waals surface area (Å²) >= 11 is 0. The van der Waals surface area contributed by atoms with E-state index in [2.05, 4.69) is 16.0 Å². The monoisotopic (exact) mass is 289 g/mol. The molecule has 0 aromatic carbocycles. The zero-order valence-electron chi connectivity index (χ0n) is 6.56. The molecule has 0 atom stereocenters. The summed E-state index contributed by atoms with van der Waals surface area (Å²) < 4.78 is 0. The molecule has 0 spiro atoms. The lowest BCUT2D eigenvalue weighted by Gasteiger charge is -1.99. The van der Waals surface area contributed by atoms with Crippen LogP contribution in [0.5, 0.6) is 0 Å². The highest BCUT2D eigenvalue weighted by molar-refractivity contribution is 8.93.